The predicted octanol–water partition coefficient (Wildman–Crippen LogP) is 5.15. The van der Waals surface area contributed by atoms with Crippen LogP contribution in [-0.2, 0) is 13.0 Å². The third kappa shape index (κ3) is 6.11. The Labute approximate surface area is 246 Å². The fourth-order valence-electron chi connectivity index (χ4n) is 5.41. The lowest BCUT2D eigenvalue weighted by Gasteiger charge is -2.36. The van der Waals surface area contributed by atoms with Crippen molar-refractivity contribution in [2.45, 2.75) is 13.0 Å². The highest BCUT2D eigenvalue weighted by Crippen LogP contribution is 2.35. The van der Waals surface area contributed by atoms with Gasteiger partial charge < -0.3 is 28.6 Å². The Kier molecular flexibility index (Phi) is 8.95. The van der Waals surface area contributed by atoms with Crippen LogP contribution in [0.25, 0.3) is 10.9 Å². The molecule has 0 bridgehead atoms. The molecule has 3 aromatic carbocycles. The quantitative estimate of drug-likeness (QED) is 0.241. The molecule has 1 saturated heterocycles. The van der Waals surface area contributed by atoms with E-state index >= 15 is 0 Å². The average molecular weight is 581 g/mol. The minimum atomic E-state index is 0.576. The van der Waals surface area contributed by atoms with Gasteiger partial charge >= 0.3 is 0 Å². The number of hydrogen-bond acceptors (Lipinski definition) is 8. The van der Waals surface area contributed by atoms with Gasteiger partial charge in [-0.05, 0) is 42.0 Å². The zero-order valence-electron chi connectivity index (χ0n) is 24.3. The maximum atomic E-state index is 6.28. The molecule has 0 amide bonds. The average Bonchev–Trinajstić information content (AvgIpc) is 3.34. The van der Waals surface area contributed by atoms with Crippen LogP contribution >= 0.6 is 11.6 Å². The van der Waals surface area contributed by atoms with Crippen LogP contribution < -0.4 is 28.6 Å². The Morgan fingerprint density at radius 3 is 2.02 bits per heavy atom. The molecule has 0 atom stereocenters. The fourth-order valence-corrected chi connectivity index (χ4v) is 5.58. The molecular weight excluding hydrogens is 544 g/mol. The second-order valence-corrected chi connectivity index (χ2v) is 10.3. The van der Waals surface area contributed by atoms with Gasteiger partial charge in [-0.1, -0.05) is 17.7 Å². The molecule has 0 radical (unpaired) electrons. The van der Waals surface area contributed by atoms with Crippen LogP contribution in [0.3, 0.4) is 0 Å². The molecule has 0 saturated carbocycles. The fraction of sp³-hybridized carbons (Fsp3) is 0.387. The summed E-state index contributed by atoms with van der Waals surface area (Å²) in [6.45, 7) is 5.16. The van der Waals surface area contributed by atoms with Gasteiger partial charge in [-0.25, -0.2) is 0 Å². The molecule has 218 valence electrons. The molecule has 0 spiro atoms. The highest BCUT2D eigenvalue weighted by molar-refractivity contribution is 6.30. The van der Waals surface area contributed by atoms with E-state index in [0.29, 0.717) is 34.6 Å². The number of rotatable bonds is 11. The van der Waals surface area contributed by atoms with Gasteiger partial charge in [-0.2, -0.15) is 5.10 Å². The molecule has 1 fully saturated rings. The van der Waals surface area contributed by atoms with Crippen molar-refractivity contribution in [1.82, 2.24) is 14.7 Å². The summed E-state index contributed by atoms with van der Waals surface area (Å²) < 4.78 is 29.8. The van der Waals surface area contributed by atoms with Crippen molar-refractivity contribution >= 4 is 28.2 Å². The minimum absolute atomic E-state index is 0.576. The zero-order valence-corrected chi connectivity index (χ0v) is 25.0. The number of benzene rings is 3. The Balaban J connectivity index is 1.35. The number of ether oxygens (including phenoxy) is 5. The normalized spacial score (nSPS) is 13.9. The van der Waals surface area contributed by atoms with Crippen LogP contribution in [-0.4, -0.2) is 83.0 Å². The van der Waals surface area contributed by atoms with E-state index in [-0.39, 0.29) is 0 Å². The predicted molar refractivity (Wildman–Crippen MR) is 162 cm³/mol. The number of piperazine rings is 1. The molecule has 5 rings (SSSR count). The van der Waals surface area contributed by atoms with Crippen molar-refractivity contribution in [3.05, 3.63) is 64.8 Å². The van der Waals surface area contributed by atoms with E-state index in [1.165, 1.54) is 0 Å². The van der Waals surface area contributed by atoms with Gasteiger partial charge in [0.1, 0.15) is 5.75 Å². The van der Waals surface area contributed by atoms with Gasteiger partial charge in [0.2, 0.25) is 0 Å². The number of anilines is 1. The van der Waals surface area contributed by atoms with Crippen molar-refractivity contribution in [2.75, 3.05) is 73.2 Å². The first kappa shape index (κ1) is 28.7. The second-order valence-electron chi connectivity index (χ2n) is 9.91. The van der Waals surface area contributed by atoms with Crippen molar-refractivity contribution in [2.24, 2.45) is 0 Å². The van der Waals surface area contributed by atoms with Crippen LogP contribution in [0.15, 0.2) is 48.5 Å². The lowest BCUT2D eigenvalue weighted by molar-refractivity contribution is 0.259. The molecule has 0 N–H and O–H groups in total. The third-order valence-electron chi connectivity index (χ3n) is 7.63. The van der Waals surface area contributed by atoms with Crippen molar-refractivity contribution < 1.29 is 23.7 Å². The molecule has 9 nitrogen and oxygen atoms in total. The Morgan fingerprint density at radius 1 is 0.707 bits per heavy atom. The van der Waals surface area contributed by atoms with Crippen LogP contribution in [0.4, 0.5) is 5.69 Å². The molecule has 41 heavy (non-hydrogen) atoms. The van der Waals surface area contributed by atoms with E-state index in [0.717, 1.165) is 72.7 Å². The van der Waals surface area contributed by atoms with E-state index in [9.17, 15) is 0 Å². The van der Waals surface area contributed by atoms with Crippen LogP contribution in [0, 0.1) is 0 Å². The summed E-state index contributed by atoms with van der Waals surface area (Å²) in [4.78, 5) is 4.82. The van der Waals surface area contributed by atoms with E-state index in [2.05, 4.69) is 9.80 Å². The molecule has 1 aromatic heterocycles. The number of halogens is 1. The van der Waals surface area contributed by atoms with Crippen LogP contribution in [0.2, 0.25) is 5.02 Å². The first-order valence-electron chi connectivity index (χ1n) is 13.6. The van der Waals surface area contributed by atoms with Crippen LogP contribution in [0.1, 0.15) is 11.3 Å². The number of methoxy groups -OCH3 is 5. The summed E-state index contributed by atoms with van der Waals surface area (Å²) in [5.74, 6) is 3.60. The molecular formula is C31H37ClN4O5. The van der Waals surface area contributed by atoms with E-state index in [4.69, 9.17) is 40.4 Å². The van der Waals surface area contributed by atoms with Gasteiger partial charge in [-0.3, -0.25) is 9.58 Å². The SMILES string of the molecule is COc1ccc(Cn2nc(CCN3CCN(c4cc(Cl)ccc4OC)CC3)c3cc(OC)c(OC)cc32)cc1OC. The highest BCUT2D eigenvalue weighted by Gasteiger charge is 2.22. The Hall–Kier alpha value is -3.82. The standard InChI is InChI=1S/C31H37ClN4O5/c1-37-27-9-7-22(32)17-26(27)35-14-12-34(13-15-35)11-10-24-23-18-30(40-4)31(41-5)19-25(23)36(33-24)20-21-6-8-28(38-2)29(16-21)39-3/h6-9,16-19H,10-15,20H2,1-5H3. The van der Waals surface area contributed by atoms with Crippen molar-refractivity contribution in [1.29, 1.82) is 0 Å². The molecule has 2 heterocycles. The maximum Gasteiger partial charge on any atom is 0.162 e. The summed E-state index contributed by atoms with van der Waals surface area (Å²) in [6, 6.07) is 15.7. The van der Waals surface area contributed by atoms with Gasteiger partial charge in [0.25, 0.3) is 0 Å². The minimum Gasteiger partial charge on any atom is -0.495 e. The smallest absolute Gasteiger partial charge is 0.162 e. The van der Waals surface area contributed by atoms with Gasteiger partial charge in [0.05, 0.1) is 59.0 Å². The summed E-state index contributed by atoms with van der Waals surface area (Å²) in [7, 11) is 8.29. The van der Waals surface area contributed by atoms with Gasteiger partial charge in [-0.15, -0.1) is 0 Å². The van der Waals surface area contributed by atoms with Crippen LogP contribution in [0.5, 0.6) is 28.7 Å². The molecule has 1 aliphatic heterocycles. The lowest BCUT2D eigenvalue weighted by atomic mass is 10.1. The van der Waals surface area contributed by atoms with E-state index < -0.39 is 0 Å². The first-order chi connectivity index (χ1) is 20.0. The largest absolute Gasteiger partial charge is 0.495 e. The Bertz CT molecular complexity index is 1500. The zero-order chi connectivity index (χ0) is 28.9. The highest BCUT2D eigenvalue weighted by atomic mass is 35.5. The third-order valence-corrected chi connectivity index (χ3v) is 7.87. The number of nitrogens with zero attached hydrogens (tertiary/aromatic N) is 4. The maximum absolute atomic E-state index is 6.28. The number of fused-ring (bicyclic) bond motifs is 1. The summed E-state index contributed by atoms with van der Waals surface area (Å²) in [5, 5.41) is 6.85. The van der Waals surface area contributed by atoms with Gasteiger partial charge in [0, 0.05) is 55.6 Å². The number of hydrogen-bond donors (Lipinski definition) is 0. The second kappa shape index (κ2) is 12.8. The molecule has 10 heteroatoms. The molecule has 1 aliphatic rings. The number of aromatic nitrogens is 2. The first-order valence-corrected chi connectivity index (χ1v) is 14.0. The van der Waals surface area contributed by atoms with Crippen molar-refractivity contribution in [3.8, 4) is 28.7 Å². The monoisotopic (exact) mass is 580 g/mol. The van der Waals surface area contributed by atoms with Gasteiger partial charge in [0.15, 0.2) is 23.0 Å². The molecule has 4 aromatic rings. The topological polar surface area (TPSA) is 70.5 Å². The summed E-state index contributed by atoms with van der Waals surface area (Å²) in [6.07, 6.45) is 0.811. The lowest BCUT2D eigenvalue weighted by Crippen LogP contribution is -2.47. The summed E-state index contributed by atoms with van der Waals surface area (Å²) >= 11 is 6.28. The van der Waals surface area contributed by atoms with E-state index in [1.807, 2.05) is 53.2 Å². The Morgan fingerprint density at radius 2 is 1.34 bits per heavy atom. The molecule has 0 aliphatic carbocycles. The molecule has 0 unspecified atom stereocenters. The summed E-state index contributed by atoms with van der Waals surface area (Å²) in [5.41, 5.74) is 4.12. The van der Waals surface area contributed by atoms with Crippen molar-refractivity contribution in [3.63, 3.8) is 0 Å². The van der Waals surface area contributed by atoms with E-state index in [1.54, 1.807) is 35.5 Å².